The molecule has 0 unspecified atom stereocenters. The van der Waals surface area contributed by atoms with E-state index in [1.165, 1.54) is 0 Å². The topological polar surface area (TPSA) is 24.1 Å². The average molecular weight is 392 g/mol. The van der Waals surface area contributed by atoms with Gasteiger partial charge in [0.2, 0.25) is 0 Å². The minimum absolute atomic E-state index is 0.0605. The maximum atomic E-state index is 12.9. The first-order valence-electron chi connectivity index (χ1n) is 7.31. The number of thiocarbonyl (C=S) groups is 1. The smallest absolute Gasteiger partial charge is 0.332 e. The minimum atomic E-state index is -4.92. The van der Waals surface area contributed by atoms with Crippen LogP contribution in [0.5, 0.6) is 0 Å². The van der Waals surface area contributed by atoms with Gasteiger partial charge in [-0.05, 0) is 67.5 Å². The first-order chi connectivity index (χ1) is 11.9. The van der Waals surface area contributed by atoms with Crippen molar-refractivity contribution in [1.29, 1.82) is 0 Å². The van der Waals surface area contributed by atoms with Crippen LogP contribution in [0.4, 0.5) is 37.7 Å². The van der Waals surface area contributed by atoms with Crippen LogP contribution >= 0.6 is 12.2 Å². The molecular weight excluding hydrogens is 378 g/mol. The maximum Gasteiger partial charge on any atom is 0.416 e. The molecule has 140 valence electrons. The molecule has 0 aliphatic heterocycles. The largest absolute Gasteiger partial charge is 0.416 e. The molecule has 0 aromatic heterocycles. The summed E-state index contributed by atoms with van der Waals surface area (Å²) in [4.78, 5) is 0. The Kier molecular flexibility index (Phi) is 5.50. The van der Waals surface area contributed by atoms with Crippen molar-refractivity contribution in [2.24, 2.45) is 0 Å². The van der Waals surface area contributed by atoms with Crippen molar-refractivity contribution in [3.05, 3.63) is 58.7 Å². The fraction of sp³-hybridized carbons (Fsp3) is 0.235. The molecule has 0 bridgehead atoms. The van der Waals surface area contributed by atoms with Gasteiger partial charge in [0, 0.05) is 11.4 Å². The lowest BCUT2D eigenvalue weighted by atomic mass is 10.1. The number of aryl methyl sites for hydroxylation is 2. The summed E-state index contributed by atoms with van der Waals surface area (Å²) in [6.45, 7) is 3.76. The monoisotopic (exact) mass is 392 g/mol. The number of hydrogen-bond donors (Lipinski definition) is 2. The molecule has 0 aliphatic rings. The van der Waals surface area contributed by atoms with Crippen LogP contribution in [-0.4, -0.2) is 5.11 Å². The van der Waals surface area contributed by atoms with Crippen LogP contribution in [0.1, 0.15) is 22.3 Å². The number of anilines is 2. The predicted octanol–water partition coefficient (Wildman–Crippen LogP) is 6.15. The standard InChI is InChI=1S/C17H14F6N2S/c1-9-3-4-13(5-10(9)2)24-15(26)25-14-7-11(16(18,19)20)6-12(8-14)17(21,22)23/h3-8H,1-2H3,(H2,24,25,26). The van der Waals surface area contributed by atoms with Gasteiger partial charge in [-0.15, -0.1) is 0 Å². The summed E-state index contributed by atoms with van der Waals surface area (Å²) < 4.78 is 77.2. The molecule has 2 N–H and O–H groups in total. The van der Waals surface area contributed by atoms with Crippen LogP contribution in [-0.2, 0) is 12.4 Å². The summed E-state index contributed by atoms with van der Waals surface area (Å²) in [5.41, 5.74) is -0.687. The Morgan fingerprint density at radius 3 is 1.69 bits per heavy atom. The molecule has 0 spiro atoms. The molecule has 26 heavy (non-hydrogen) atoms. The van der Waals surface area contributed by atoms with Crippen molar-refractivity contribution in [2.45, 2.75) is 26.2 Å². The van der Waals surface area contributed by atoms with Crippen molar-refractivity contribution in [2.75, 3.05) is 10.6 Å². The molecule has 0 radical (unpaired) electrons. The second kappa shape index (κ2) is 7.14. The third-order valence-electron chi connectivity index (χ3n) is 3.61. The minimum Gasteiger partial charge on any atom is -0.332 e. The van der Waals surface area contributed by atoms with Crippen LogP contribution in [0.25, 0.3) is 0 Å². The van der Waals surface area contributed by atoms with E-state index < -0.39 is 29.2 Å². The normalized spacial score (nSPS) is 12.0. The van der Waals surface area contributed by atoms with Crippen molar-refractivity contribution in [3.8, 4) is 0 Å². The SMILES string of the molecule is Cc1ccc(NC(=S)Nc2cc(C(F)(F)F)cc(C(F)(F)F)c2)cc1C. The van der Waals surface area contributed by atoms with Crippen LogP contribution < -0.4 is 10.6 Å². The molecule has 0 heterocycles. The van der Waals surface area contributed by atoms with E-state index in [2.05, 4.69) is 10.6 Å². The molecule has 2 rings (SSSR count). The Labute approximate surface area is 151 Å². The lowest BCUT2D eigenvalue weighted by molar-refractivity contribution is -0.143. The van der Waals surface area contributed by atoms with Gasteiger partial charge < -0.3 is 10.6 Å². The van der Waals surface area contributed by atoms with E-state index in [4.69, 9.17) is 12.2 Å². The number of hydrogen-bond acceptors (Lipinski definition) is 1. The zero-order valence-electron chi connectivity index (χ0n) is 13.6. The van der Waals surface area contributed by atoms with Gasteiger partial charge in [0.15, 0.2) is 5.11 Å². The summed E-state index contributed by atoms with van der Waals surface area (Å²) in [6, 6.07) is 6.48. The number of benzene rings is 2. The first-order valence-corrected chi connectivity index (χ1v) is 7.72. The summed E-state index contributed by atoms with van der Waals surface area (Å²) in [7, 11) is 0. The third kappa shape index (κ3) is 5.10. The quantitative estimate of drug-likeness (QED) is 0.474. The highest BCUT2D eigenvalue weighted by Gasteiger charge is 2.37. The molecule has 2 aromatic rings. The van der Waals surface area contributed by atoms with Gasteiger partial charge in [-0.2, -0.15) is 26.3 Å². The Hall–Kier alpha value is -2.29. The Morgan fingerprint density at radius 1 is 0.731 bits per heavy atom. The zero-order chi connectivity index (χ0) is 19.7. The van der Waals surface area contributed by atoms with Gasteiger partial charge in [0.1, 0.15) is 0 Å². The molecular formula is C17H14F6N2S. The predicted molar refractivity (Wildman–Crippen MR) is 92.2 cm³/mol. The van der Waals surface area contributed by atoms with Gasteiger partial charge in [-0.1, -0.05) is 6.07 Å². The van der Waals surface area contributed by atoms with E-state index in [-0.39, 0.29) is 11.2 Å². The Bertz CT molecular complexity index is 795. The number of alkyl halides is 6. The molecule has 2 aromatic carbocycles. The first kappa shape index (κ1) is 20.0. The van der Waals surface area contributed by atoms with Crippen molar-refractivity contribution < 1.29 is 26.3 Å². The lowest BCUT2D eigenvalue weighted by Gasteiger charge is -2.16. The van der Waals surface area contributed by atoms with Crippen LogP contribution in [0, 0.1) is 13.8 Å². The lowest BCUT2D eigenvalue weighted by Crippen LogP contribution is -2.20. The van der Waals surface area contributed by atoms with E-state index in [0.717, 1.165) is 11.1 Å². The van der Waals surface area contributed by atoms with E-state index in [1.54, 1.807) is 12.1 Å². The van der Waals surface area contributed by atoms with E-state index in [0.29, 0.717) is 17.8 Å². The molecule has 0 saturated heterocycles. The van der Waals surface area contributed by atoms with Gasteiger partial charge >= 0.3 is 12.4 Å². The van der Waals surface area contributed by atoms with Gasteiger partial charge in [-0.3, -0.25) is 0 Å². The molecule has 0 amide bonds. The summed E-state index contributed by atoms with van der Waals surface area (Å²) >= 11 is 4.98. The molecule has 0 fully saturated rings. The highest BCUT2D eigenvalue weighted by Crippen LogP contribution is 2.37. The zero-order valence-corrected chi connectivity index (χ0v) is 14.5. The second-order valence-corrected chi connectivity index (χ2v) is 6.08. The van der Waals surface area contributed by atoms with E-state index >= 15 is 0 Å². The number of nitrogens with one attached hydrogen (secondary N) is 2. The summed E-state index contributed by atoms with van der Waals surface area (Å²) in [5.74, 6) is 0. The fourth-order valence-electron chi connectivity index (χ4n) is 2.14. The number of rotatable bonds is 2. The fourth-order valence-corrected chi connectivity index (χ4v) is 2.38. The van der Waals surface area contributed by atoms with E-state index in [1.807, 2.05) is 19.9 Å². The number of halogens is 6. The molecule has 9 heteroatoms. The maximum absolute atomic E-state index is 12.9. The average Bonchev–Trinajstić information content (AvgIpc) is 2.49. The Balaban J connectivity index is 2.27. The molecule has 0 saturated carbocycles. The van der Waals surface area contributed by atoms with Gasteiger partial charge in [-0.25, -0.2) is 0 Å². The van der Waals surface area contributed by atoms with Crippen molar-refractivity contribution in [1.82, 2.24) is 0 Å². The summed E-state index contributed by atoms with van der Waals surface area (Å²) in [5, 5.41) is 4.98. The second-order valence-electron chi connectivity index (χ2n) is 5.67. The van der Waals surface area contributed by atoms with Crippen LogP contribution in [0.3, 0.4) is 0 Å². The van der Waals surface area contributed by atoms with Crippen molar-refractivity contribution >= 4 is 28.7 Å². The molecule has 2 nitrogen and oxygen atoms in total. The van der Waals surface area contributed by atoms with E-state index in [9.17, 15) is 26.3 Å². The highest BCUT2D eigenvalue weighted by atomic mass is 32.1. The molecule has 0 aliphatic carbocycles. The van der Waals surface area contributed by atoms with Crippen LogP contribution in [0.15, 0.2) is 36.4 Å². The highest BCUT2D eigenvalue weighted by molar-refractivity contribution is 7.80. The van der Waals surface area contributed by atoms with Crippen LogP contribution in [0.2, 0.25) is 0 Å². The Morgan fingerprint density at radius 2 is 1.23 bits per heavy atom. The van der Waals surface area contributed by atoms with Gasteiger partial charge in [0.05, 0.1) is 11.1 Å². The third-order valence-corrected chi connectivity index (χ3v) is 3.81. The molecule has 0 atom stereocenters. The van der Waals surface area contributed by atoms with Crippen molar-refractivity contribution in [3.63, 3.8) is 0 Å². The summed E-state index contributed by atoms with van der Waals surface area (Å²) in [6.07, 6.45) is -9.83. The van der Waals surface area contributed by atoms with Gasteiger partial charge in [0.25, 0.3) is 0 Å².